The standard InChI is InChI=1S/C20H22N4O2S/c1-2-15-3-5-16(6-4-15)20(25)24-10-8-23(9-11-24)13-18-21-19(22-26-18)17-7-12-27-14-17/h3-7,12,14H,2,8-11,13H2,1H3. The molecule has 3 heterocycles. The van der Waals surface area contributed by atoms with Gasteiger partial charge >= 0.3 is 0 Å². The molecule has 0 radical (unpaired) electrons. The van der Waals surface area contributed by atoms with Crippen molar-refractivity contribution in [1.29, 1.82) is 0 Å². The summed E-state index contributed by atoms with van der Waals surface area (Å²) in [6.45, 7) is 5.75. The number of nitrogens with zero attached hydrogens (tertiary/aromatic N) is 4. The quantitative estimate of drug-likeness (QED) is 0.677. The average molecular weight is 382 g/mol. The molecule has 0 bridgehead atoms. The molecule has 0 unspecified atom stereocenters. The van der Waals surface area contributed by atoms with E-state index in [1.165, 1.54) is 5.56 Å². The zero-order valence-electron chi connectivity index (χ0n) is 15.3. The number of carbonyl (C=O) groups excluding carboxylic acids is 1. The second-order valence-electron chi connectivity index (χ2n) is 6.64. The van der Waals surface area contributed by atoms with Crippen LogP contribution in [0.2, 0.25) is 0 Å². The van der Waals surface area contributed by atoms with Crippen LogP contribution in [-0.2, 0) is 13.0 Å². The number of amides is 1. The predicted molar refractivity (Wildman–Crippen MR) is 105 cm³/mol. The van der Waals surface area contributed by atoms with Crippen LogP contribution in [0.3, 0.4) is 0 Å². The summed E-state index contributed by atoms with van der Waals surface area (Å²) in [5.41, 5.74) is 3.00. The summed E-state index contributed by atoms with van der Waals surface area (Å²) in [7, 11) is 0. The van der Waals surface area contributed by atoms with E-state index in [1.807, 2.05) is 46.0 Å². The van der Waals surface area contributed by atoms with Crippen molar-refractivity contribution in [2.24, 2.45) is 0 Å². The molecule has 1 saturated heterocycles. The minimum absolute atomic E-state index is 0.106. The van der Waals surface area contributed by atoms with Crippen LogP contribution in [0.5, 0.6) is 0 Å². The maximum absolute atomic E-state index is 12.7. The van der Waals surface area contributed by atoms with Crippen molar-refractivity contribution in [3.8, 4) is 11.4 Å². The van der Waals surface area contributed by atoms with Gasteiger partial charge in [-0.15, -0.1) is 0 Å². The first-order valence-electron chi connectivity index (χ1n) is 9.18. The van der Waals surface area contributed by atoms with Gasteiger partial charge in [-0.1, -0.05) is 24.2 Å². The Morgan fingerprint density at radius 3 is 2.59 bits per heavy atom. The number of aryl methyl sites for hydroxylation is 1. The molecule has 1 aliphatic heterocycles. The second-order valence-corrected chi connectivity index (χ2v) is 7.42. The maximum Gasteiger partial charge on any atom is 0.253 e. The van der Waals surface area contributed by atoms with Crippen LogP contribution in [0.1, 0.15) is 28.7 Å². The lowest BCUT2D eigenvalue weighted by atomic mass is 10.1. The fourth-order valence-electron chi connectivity index (χ4n) is 3.19. The van der Waals surface area contributed by atoms with Gasteiger partial charge in [0.2, 0.25) is 11.7 Å². The molecule has 27 heavy (non-hydrogen) atoms. The average Bonchev–Trinajstić information content (AvgIpc) is 3.40. The van der Waals surface area contributed by atoms with Crippen molar-refractivity contribution in [3.05, 3.63) is 58.1 Å². The lowest BCUT2D eigenvalue weighted by Crippen LogP contribution is -2.48. The second kappa shape index (κ2) is 8.02. The van der Waals surface area contributed by atoms with Gasteiger partial charge in [-0.2, -0.15) is 16.3 Å². The van der Waals surface area contributed by atoms with Gasteiger partial charge in [0.15, 0.2) is 0 Å². The van der Waals surface area contributed by atoms with Gasteiger partial charge in [-0.05, 0) is 35.6 Å². The van der Waals surface area contributed by atoms with Gasteiger partial charge in [0, 0.05) is 42.7 Å². The highest BCUT2D eigenvalue weighted by molar-refractivity contribution is 7.08. The van der Waals surface area contributed by atoms with Gasteiger partial charge in [-0.3, -0.25) is 9.69 Å². The molecule has 0 saturated carbocycles. The molecule has 1 aliphatic rings. The maximum atomic E-state index is 12.7. The van der Waals surface area contributed by atoms with Crippen LogP contribution < -0.4 is 0 Å². The predicted octanol–water partition coefficient (Wildman–Crippen LogP) is 3.32. The van der Waals surface area contributed by atoms with Gasteiger partial charge in [0.05, 0.1) is 6.54 Å². The lowest BCUT2D eigenvalue weighted by molar-refractivity contribution is 0.0615. The van der Waals surface area contributed by atoms with E-state index in [1.54, 1.807) is 11.3 Å². The van der Waals surface area contributed by atoms with Crippen molar-refractivity contribution >= 4 is 17.2 Å². The summed E-state index contributed by atoms with van der Waals surface area (Å²) in [4.78, 5) is 21.3. The fraction of sp³-hybridized carbons (Fsp3) is 0.350. The first-order chi connectivity index (χ1) is 13.2. The summed E-state index contributed by atoms with van der Waals surface area (Å²) in [6.07, 6.45) is 0.983. The summed E-state index contributed by atoms with van der Waals surface area (Å²) in [5, 5.41) is 8.05. The fourth-order valence-corrected chi connectivity index (χ4v) is 3.83. The number of benzene rings is 1. The number of carbonyl (C=O) groups is 1. The Morgan fingerprint density at radius 1 is 1.15 bits per heavy atom. The first kappa shape index (κ1) is 17.9. The Labute approximate surface area is 162 Å². The molecule has 0 atom stereocenters. The van der Waals surface area contributed by atoms with Crippen LogP contribution in [0.25, 0.3) is 11.4 Å². The van der Waals surface area contributed by atoms with Crippen LogP contribution in [0.4, 0.5) is 0 Å². The molecule has 4 rings (SSSR count). The third-order valence-corrected chi connectivity index (χ3v) is 5.56. The van der Waals surface area contributed by atoms with Crippen molar-refractivity contribution in [1.82, 2.24) is 19.9 Å². The Kier molecular flexibility index (Phi) is 5.31. The topological polar surface area (TPSA) is 62.5 Å². The van der Waals surface area contributed by atoms with Gasteiger partial charge in [-0.25, -0.2) is 0 Å². The monoisotopic (exact) mass is 382 g/mol. The van der Waals surface area contributed by atoms with Crippen LogP contribution >= 0.6 is 11.3 Å². The minimum atomic E-state index is 0.106. The Bertz CT molecular complexity index is 881. The van der Waals surface area contributed by atoms with Gasteiger partial charge < -0.3 is 9.42 Å². The van der Waals surface area contributed by atoms with Crippen molar-refractivity contribution in [2.45, 2.75) is 19.9 Å². The largest absolute Gasteiger partial charge is 0.338 e. The van der Waals surface area contributed by atoms with Crippen molar-refractivity contribution in [2.75, 3.05) is 26.2 Å². The van der Waals surface area contributed by atoms with Gasteiger partial charge in [0.25, 0.3) is 5.91 Å². The minimum Gasteiger partial charge on any atom is -0.338 e. The number of hydrogen-bond acceptors (Lipinski definition) is 6. The Morgan fingerprint density at radius 2 is 1.93 bits per heavy atom. The SMILES string of the molecule is CCc1ccc(C(=O)N2CCN(Cc3nc(-c4ccsc4)no3)CC2)cc1. The number of aromatic nitrogens is 2. The molecule has 1 fully saturated rings. The number of piperazine rings is 1. The molecule has 6 nitrogen and oxygen atoms in total. The zero-order chi connectivity index (χ0) is 18.6. The van der Waals surface area contributed by atoms with Gasteiger partial charge in [0.1, 0.15) is 0 Å². The van der Waals surface area contributed by atoms with E-state index in [2.05, 4.69) is 22.0 Å². The molecular weight excluding hydrogens is 360 g/mol. The number of thiophene rings is 1. The molecule has 0 N–H and O–H groups in total. The summed E-state index contributed by atoms with van der Waals surface area (Å²) >= 11 is 1.61. The molecule has 140 valence electrons. The highest BCUT2D eigenvalue weighted by atomic mass is 32.1. The molecule has 3 aromatic rings. The number of rotatable bonds is 5. The number of hydrogen-bond donors (Lipinski definition) is 0. The molecule has 7 heteroatoms. The van der Waals surface area contributed by atoms with E-state index < -0.39 is 0 Å². The van der Waals surface area contributed by atoms with E-state index in [4.69, 9.17) is 4.52 Å². The van der Waals surface area contributed by atoms with Crippen molar-refractivity contribution in [3.63, 3.8) is 0 Å². The lowest BCUT2D eigenvalue weighted by Gasteiger charge is -2.34. The summed E-state index contributed by atoms with van der Waals surface area (Å²) < 4.78 is 5.38. The summed E-state index contributed by atoms with van der Waals surface area (Å²) in [5.74, 6) is 1.36. The van der Waals surface area contributed by atoms with E-state index in [9.17, 15) is 4.79 Å². The Hall–Kier alpha value is -2.51. The zero-order valence-corrected chi connectivity index (χ0v) is 16.1. The molecule has 1 amide bonds. The third kappa shape index (κ3) is 4.09. The van der Waals surface area contributed by atoms with Crippen molar-refractivity contribution < 1.29 is 9.32 Å². The first-order valence-corrected chi connectivity index (χ1v) is 10.1. The molecule has 0 spiro atoms. The Balaban J connectivity index is 1.31. The van der Waals surface area contributed by atoms with E-state index in [-0.39, 0.29) is 5.91 Å². The van der Waals surface area contributed by atoms with E-state index in [0.29, 0.717) is 31.3 Å². The van der Waals surface area contributed by atoms with Crippen LogP contribution in [0.15, 0.2) is 45.6 Å². The van der Waals surface area contributed by atoms with E-state index in [0.717, 1.165) is 30.6 Å². The highest BCUT2D eigenvalue weighted by Gasteiger charge is 2.23. The summed E-state index contributed by atoms with van der Waals surface area (Å²) in [6, 6.07) is 9.90. The molecule has 2 aromatic heterocycles. The smallest absolute Gasteiger partial charge is 0.253 e. The highest BCUT2D eigenvalue weighted by Crippen LogP contribution is 2.19. The molecule has 0 aliphatic carbocycles. The van der Waals surface area contributed by atoms with Crippen LogP contribution in [0, 0.1) is 0 Å². The van der Waals surface area contributed by atoms with Crippen LogP contribution in [-0.4, -0.2) is 52.0 Å². The molecule has 1 aromatic carbocycles. The molecular formula is C20H22N4O2S. The third-order valence-electron chi connectivity index (χ3n) is 4.87. The van der Waals surface area contributed by atoms with E-state index >= 15 is 0 Å². The normalized spacial score (nSPS) is 15.2.